The lowest BCUT2D eigenvalue weighted by Gasteiger charge is -2.08. The highest BCUT2D eigenvalue weighted by Gasteiger charge is 2.40. The molecule has 0 atom stereocenters. The van der Waals surface area contributed by atoms with Crippen LogP contribution in [-0.2, 0) is 6.18 Å². The van der Waals surface area contributed by atoms with Crippen LogP contribution in [0.1, 0.15) is 18.4 Å². The van der Waals surface area contributed by atoms with Gasteiger partial charge >= 0.3 is 12.0 Å². The normalized spacial score (nSPS) is 15.7. The molecule has 1 aromatic heterocycles. The van der Waals surface area contributed by atoms with Gasteiger partial charge in [0.1, 0.15) is 0 Å². The molecule has 17 heavy (non-hydrogen) atoms. The van der Waals surface area contributed by atoms with E-state index >= 15 is 0 Å². The van der Waals surface area contributed by atoms with Crippen molar-refractivity contribution in [2.45, 2.75) is 25.1 Å². The molecule has 1 heterocycles. The highest BCUT2D eigenvalue weighted by molar-refractivity contribution is 5.40. The Kier molecular flexibility index (Phi) is 2.64. The Bertz CT molecular complexity index is 457. The fraction of sp³-hybridized carbons (Fsp3) is 0.444. The van der Waals surface area contributed by atoms with Crippen molar-refractivity contribution < 1.29 is 22.8 Å². The molecule has 2 rings (SSSR count). The Hall–Kier alpha value is -1.86. The average Bonchev–Trinajstić information content (AvgIpc) is 3.00. The maximum absolute atomic E-state index is 12.5. The van der Waals surface area contributed by atoms with Crippen LogP contribution in [0.15, 0.2) is 12.3 Å². The Labute approximate surface area is 93.4 Å². The van der Waals surface area contributed by atoms with E-state index < -0.39 is 22.5 Å². The van der Waals surface area contributed by atoms with Crippen LogP contribution in [0, 0.1) is 10.1 Å². The van der Waals surface area contributed by atoms with E-state index in [1.54, 1.807) is 0 Å². The summed E-state index contributed by atoms with van der Waals surface area (Å²) in [7, 11) is 0. The third-order valence-electron chi connectivity index (χ3n) is 2.15. The summed E-state index contributed by atoms with van der Waals surface area (Å²) in [6.07, 6.45) is -2.43. The fourth-order valence-corrected chi connectivity index (χ4v) is 1.24. The number of hydrogen-bond acceptors (Lipinski definition) is 4. The summed E-state index contributed by atoms with van der Waals surface area (Å²) < 4.78 is 42.7. The maximum Gasteiger partial charge on any atom is 0.424 e. The summed E-state index contributed by atoms with van der Waals surface area (Å²) in [5.41, 5.74) is -1.39. The Morgan fingerprint density at radius 3 is 2.59 bits per heavy atom. The number of rotatable bonds is 3. The summed E-state index contributed by atoms with van der Waals surface area (Å²) >= 11 is 0. The number of nitrogens with zero attached hydrogens (tertiary/aromatic N) is 2. The highest BCUT2D eigenvalue weighted by atomic mass is 19.4. The van der Waals surface area contributed by atoms with E-state index in [2.05, 4.69) is 4.98 Å². The van der Waals surface area contributed by atoms with Crippen molar-refractivity contribution in [3.8, 4) is 5.75 Å². The number of hydrogen-bond donors (Lipinski definition) is 0. The summed E-state index contributed by atoms with van der Waals surface area (Å²) in [6, 6.07) is 0.615. The van der Waals surface area contributed by atoms with Crippen molar-refractivity contribution in [1.29, 1.82) is 0 Å². The average molecular weight is 248 g/mol. The topological polar surface area (TPSA) is 65.3 Å². The summed E-state index contributed by atoms with van der Waals surface area (Å²) in [5.74, 6) is -1.30. The van der Waals surface area contributed by atoms with Gasteiger partial charge in [0.25, 0.3) is 0 Å². The molecule has 0 radical (unpaired) electrons. The van der Waals surface area contributed by atoms with Gasteiger partial charge in [-0.1, -0.05) is 0 Å². The fourth-order valence-electron chi connectivity index (χ4n) is 1.24. The van der Waals surface area contributed by atoms with E-state index in [1.807, 2.05) is 0 Å². The van der Waals surface area contributed by atoms with Crippen LogP contribution in [-0.4, -0.2) is 16.0 Å². The minimum absolute atomic E-state index is 0.0922. The molecule has 0 aromatic carbocycles. The molecule has 0 aliphatic heterocycles. The minimum Gasteiger partial charge on any atom is -0.486 e. The van der Waals surface area contributed by atoms with Crippen LogP contribution in [0.4, 0.5) is 19.0 Å². The molecule has 0 N–H and O–H groups in total. The van der Waals surface area contributed by atoms with E-state index in [1.165, 1.54) is 0 Å². The van der Waals surface area contributed by atoms with Gasteiger partial charge in [-0.3, -0.25) is 0 Å². The van der Waals surface area contributed by atoms with Crippen LogP contribution < -0.4 is 4.74 Å². The van der Waals surface area contributed by atoms with Crippen molar-refractivity contribution in [2.75, 3.05) is 0 Å². The van der Waals surface area contributed by atoms with Crippen LogP contribution in [0.5, 0.6) is 5.75 Å². The largest absolute Gasteiger partial charge is 0.486 e. The summed E-state index contributed by atoms with van der Waals surface area (Å²) in [6.45, 7) is 0. The molecule has 5 nitrogen and oxygen atoms in total. The first-order valence-electron chi connectivity index (χ1n) is 4.76. The van der Waals surface area contributed by atoms with Gasteiger partial charge in [-0.2, -0.15) is 13.2 Å². The molecule has 1 aromatic rings. The molecule has 0 amide bonds. The first-order valence-corrected chi connectivity index (χ1v) is 4.76. The number of nitro groups is 1. The molecule has 1 aliphatic carbocycles. The zero-order chi connectivity index (χ0) is 12.6. The van der Waals surface area contributed by atoms with E-state index in [9.17, 15) is 23.3 Å². The van der Waals surface area contributed by atoms with Gasteiger partial charge in [-0.05, 0) is 22.7 Å². The minimum atomic E-state index is -4.82. The van der Waals surface area contributed by atoms with Gasteiger partial charge in [-0.15, -0.1) is 0 Å². The second-order valence-electron chi connectivity index (χ2n) is 3.61. The standard InChI is InChI=1S/C9H7F3N2O3/c10-9(11,12)7-3-6(17-5-1-2-5)4-13-8(7)14(15)16/h3-5H,1-2H2. The number of alkyl halides is 3. The molecular formula is C9H7F3N2O3. The summed E-state index contributed by atoms with van der Waals surface area (Å²) in [5, 5.41) is 10.4. The van der Waals surface area contributed by atoms with E-state index in [-0.39, 0.29) is 11.9 Å². The SMILES string of the molecule is O=[N+]([O-])c1ncc(OC2CC2)cc1C(F)(F)F. The predicted molar refractivity (Wildman–Crippen MR) is 49.5 cm³/mol. The molecule has 0 spiro atoms. The Morgan fingerprint density at radius 1 is 1.47 bits per heavy atom. The molecule has 0 bridgehead atoms. The predicted octanol–water partition coefficient (Wildman–Crippen LogP) is 2.55. The quantitative estimate of drug-likeness (QED) is 0.609. The lowest BCUT2D eigenvalue weighted by Crippen LogP contribution is -2.11. The molecule has 1 saturated carbocycles. The summed E-state index contributed by atoms with van der Waals surface area (Å²) in [4.78, 5) is 12.4. The Morgan fingerprint density at radius 2 is 2.12 bits per heavy atom. The lowest BCUT2D eigenvalue weighted by molar-refractivity contribution is -0.392. The first-order chi connectivity index (χ1) is 7.88. The van der Waals surface area contributed by atoms with Gasteiger partial charge < -0.3 is 14.9 Å². The third kappa shape index (κ3) is 2.63. The van der Waals surface area contributed by atoms with Gasteiger partial charge in [0.15, 0.2) is 17.5 Å². The van der Waals surface area contributed by atoms with E-state index in [0.717, 1.165) is 19.0 Å². The molecule has 8 heteroatoms. The molecule has 0 saturated heterocycles. The molecule has 1 aliphatic rings. The van der Waals surface area contributed by atoms with Crippen molar-refractivity contribution in [2.24, 2.45) is 0 Å². The number of aromatic nitrogens is 1. The molecular weight excluding hydrogens is 241 g/mol. The second-order valence-corrected chi connectivity index (χ2v) is 3.61. The zero-order valence-electron chi connectivity index (χ0n) is 8.40. The van der Waals surface area contributed by atoms with Gasteiger partial charge in [0.2, 0.25) is 0 Å². The monoisotopic (exact) mass is 248 g/mol. The van der Waals surface area contributed by atoms with Gasteiger partial charge in [0, 0.05) is 6.07 Å². The maximum atomic E-state index is 12.5. The van der Waals surface area contributed by atoms with E-state index in [0.29, 0.717) is 6.07 Å². The van der Waals surface area contributed by atoms with Crippen molar-refractivity contribution >= 4 is 5.82 Å². The van der Waals surface area contributed by atoms with Gasteiger partial charge in [-0.25, -0.2) is 0 Å². The number of halogens is 3. The lowest BCUT2D eigenvalue weighted by atomic mass is 10.2. The number of pyridine rings is 1. The van der Waals surface area contributed by atoms with Crippen molar-refractivity contribution in [3.05, 3.63) is 27.9 Å². The number of ether oxygens (including phenoxy) is 1. The molecule has 0 unspecified atom stereocenters. The van der Waals surface area contributed by atoms with Crippen molar-refractivity contribution in [1.82, 2.24) is 4.98 Å². The van der Waals surface area contributed by atoms with Crippen molar-refractivity contribution in [3.63, 3.8) is 0 Å². The highest BCUT2D eigenvalue weighted by Crippen LogP contribution is 2.37. The molecule has 92 valence electrons. The zero-order valence-corrected chi connectivity index (χ0v) is 8.40. The smallest absolute Gasteiger partial charge is 0.424 e. The van der Waals surface area contributed by atoms with Crippen LogP contribution in [0.2, 0.25) is 0 Å². The van der Waals surface area contributed by atoms with Crippen LogP contribution in [0.25, 0.3) is 0 Å². The van der Waals surface area contributed by atoms with E-state index in [4.69, 9.17) is 4.74 Å². The first kappa shape index (κ1) is 11.6. The van der Waals surface area contributed by atoms with Crippen LogP contribution >= 0.6 is 0 Å². The van der Waals surface area contributed by atoms with Gasteiger partial charge in [0.05, 0.1) is 6.10 Å². The Balaban J connectivity index is 2.38. The van der Waals surface area contributed by atoms with Crippen LogP contribution in [0.3, 0.4) is 0 Å². The third-order valence-corrected chi connectivity index (χ3v) is 2.15. The molecule has 1 fully saturated rings. The second kappa shape index (κ2) is 3.86.